The minimum Gasteiger partial charge on any atom is -0.491 e. The lowest BCUT2D eigenvalue weighted by molar-refractivity contribution is -0.139. The average Bonchev–Trinajstić information content (AvgIpc) is 3.20. The molecule has 3 N–H and O–H groups in total. The van der Waals surface area contributed by atoms with Crippen LogP contribution in [0.15, 0.2) is 97.1 Å². The number of hydrogen-bond acceptors (Lipinski definition) is 7. The number of hydrogen-bond donors (Lipinski definition) is 3. The zero-order valence-corrected chi connectivity index (χ0v) is 20.6. The van der Waals surface area contributed by atoms with E-state index < -0.39 is 42.1 Å². The Hall–Kier alpha value is -4.14. The SMILES string of the molecule is O=C(O)CC1C(O)CC(OC(=O)c2ccc(Oc3ccccc3)cc2)C1C=CC(O)COc1ccccc1. The maximum atomic E-state index is 12.9. The Labute approximate surface area is 220 Å². The van der Waals surface area contributed by atoms with Gasteiger partial charge in [-0.2, -0.15) is 0 Å². The monoisotopic (exact) mass is 518 g/mol. The van der Waals surface area contributed by atoms with Crippen molar-refractivity contribution in [1.82, 2.24) is 0 Å². The molecule has 8 heteroatoms. The third-order valence-electron chi connectivity index (χ3n) is 6.35. The van der Waals surface area contributed by atoms with E-state index in [0.717, 1.165) is 0 Å². The zero-order chi connectivity index (χ0) is 26.9. The summed E-state index contributed by atoms with van der Waals surface area (Å²) in [6.45, 7) is -0.0127. The van der Waals surface area contributed by atoms with Gasteiger partial charge in [0.05, 0.1) is 18.1 Å². The number of ether oxygens (including phenoxy) is 3. The van der Waals surface area contributed by atoms with Gasteiger partial charge in [-0.3, -0.25) is 4.79 Å². The summed E-state index contributed by atoms with van der Waals surface area (Å²) in [5.41, 5.74) is 0.292. The van der Waals surface area contributed by atoms with E-state index in [9.17, 15) is 24.9 Å². The number of carbonyl (C=O) groups is 2. The molecule has 0 aromatic heterocycles. The average molecular weight is 519 g/mol. The van der Waals surface area contributed by atoms with Crippen LogP contribution in [0.3, 0.4) is 0 Å². The summed E-state index contributed by atoms with van der Waals surface area (Å²) >= 11 is 0. The molecule has 0 aliphatic heterocycles. The van der Waals surface area contributed by atoms with Crippen LogP contribution in [-0.2, 0) is 9.53 Å². The van der Waals surface area contributed by atoms with Gasteiger partial charge in [0.2, 0.25) is 0 Å². The highest BCUT2D eigenvalue weighted by Gasteiger charge is 2.44. The van der Waals surface area contributed by atoms with Crippen LogP contribution < -0.4 is 9.47 Å². The Bertz CT molecular complexity index is 1210. The van der Waals surface area contributed by atoms with Gasteiger partial charge in [0.1, 0.15) is 36.1 Å². The first-order chi connectivity index (χ1) is 18.4. The molecule has 4 rings (SSSR count). The molecule has 1 fully saturated rings. The van der Waals surface area contributed by atoms with Crippen LogP contribution in [0, 0.1) is 11.8 Å². The van der Waals surface area contributed by atoms with E-state index in [0.29, 0.717) is 22.8 Å². The van der Waals surface area contributed by atoms with E-state index in [1.54, 1.807) is 42.5 Å². The van der Waals surface area contributed by atoms with Crippen molar-refractivity contribution in [3.05, 3.63) is 103 Å². The van der Waals surface area contributed by atoms with Crippen LogP contribution in [-0.4, -0.2) is 52.2 Å². The van der Waals surface area contributed by atoms with Crippen LogP contribution in [0.1, 0.15) is 23.2 Å². The fourth-order valence-corrected chi connectivity index (χ4v) is 4.47. The number of carboxylic acid groups (broad SMARTS) is 1. The summed E-state index contributed by atoms with van der Waals surface area (Å²) in [5, 5.41) is 30.3. The minimum absolute atomic E-state index is 0.0127. The predicted octanol–water partition coefficient (Wildman–Crippen LogP) is 4.47. The quantitative estimate of drug-likeness (QED) is 0.251. The van der Waals surface area contributed by atoms with Gasteiger partial charge in [0.15, 0.2) is 0 Å². The number of aliphatic hydroxyl groups excluding tert-OH is 2. The Morgan fingerprint density at radius 2 is 1.50 bits per heavy atom. The lowest BCUT2D eigenvalue weighted by Gasteiger charge is -2.22. The van der Waals surface area contributed by atoms with Gasteiger partial charge in [-0.25, -0.2) is 4.79 Å². The normalized spacial score (nSPS) is 21.6. The molecular formula is C30H30O8. The highest BCUT2D eigenvalue weighted by molar-refractivity contribution is 5.89. The van der Waals surface area contributed by atoms with Crippen molar-refractivity contribution in [1.29, 1.82) is 0 Å². The van der Waals surface area contributed by atoms with E-state index in [-0.39, 0.29) is 19.4 Å². The standard InChI is InChI=1S/C30H30O8/c31-21(19-36-22-7-3-1-4-8-22)13-16-25-26(17-29(33)34)27(32)18-28(25)38-30(35)20-11-14-24(15-12-20)37-23-9-5-2-6-10-23/h1-16,21,25-28,31-32H,17-19H2,(H,33,34). The molecule has 5 unspecified atom stereocenters. The van der Waals surface area contributed by atoms with Crippen LogP contribution in [0.5, 0.6) is 17.2 Å². The second kappa shape index (κ2) is 12.9. The van der Waals surface area contributed by atoms with Crippen molar-refractivity contribution in [3.63, 3.8) is 0 Å². The van der Waals surface area contributed by atoms with E-state index >= 15 is 0 Å². The maximum Gasteiger partial charge on any atom is 0.338 e. The fourth-order valence-electron chi connectivity index (χ4n) is 4.47. The number of aliphatic carboxylic acids is 1. The topological polar surface area (TPSA) is 123 Å². The Kier molecular flexibility index (Phi) is 9.13. The summed E-state index contributed by atoms with van der Waals surface area (Å²) in [5.74, 6) is -1.12. The molecule has 1 aliphatic rings. The third-order valence-corrected chi connectivity index (χ3v) is 6.35. The van der Waals surface area contributed by atoms with Gasteiger partial charge in [0, 0.05) is 18.3 Å². The molecule has 1 aliphatic carbocycles. The van der Waals surface area contributed by atoms with Crippen molar-refractivity contribution >= 4 is 11.9 Å². The number of carboxylic acids is 1. The molecular weight excluding hydrogens is 488 g/mol. The maximum absolute atomic E-state index is 12.9. The molecule has 5 atom stereocenters. The molecule has 0 bridgehead atoms. The first-order valence-corrected chi connectivity index (χ1v) is 12.4. The van der Waals surface area contributed by atoms with Crippen molar-refractivity contribution in [3.8, 4) is 17.2 Å². The minimum atomic E-state index is -1.07. The second-order valence-corrected chi connectivity index (χ2v) is 9.10. The summed E-state index contributed by atoms with van der Waals surface area (Å²) in [6.07, 6.45) is 0.163. The number of benzene rings is 3. The summed E-state index contributed by atoms with van der Waals surface area (Å²) in [6, 6.07) is 24.7. The lowest BCUT2D eigenvalue weighted by Crippen LogP contribution is -2.27. The van der Waals surface area contributed by atoms with Gasteiger partial charge in [-0.15, -0.1) is 0 Å². The largest absolute Gasteiger partial charge is 0.491 e. The van der Waals surface area contributed by atoms with Gasteiger partial charge in [0.25, 0.3) is 0 Å². The molecule has 8 nitrogen and oxygen atoms in total. The Balaban J connectivity index is 1.41. The van der Waals surface area contributed by atoms with Gasteiger partial charge >= 0.3 is 11.9 Å². The van der Waals surface area contributed by atoms with Crippen molar-refractivity contribution in [2.75, 3.05) is 6.61 Å². The highest BCUT2D eigenvalue weighted by Crippen LogP contribution is 2.38. The van der Waals surface area contributed by atoms with Crippen LogP contribution >= 0.6 is 0 Å². The van der Waals surface area contributed by atoms with Gasteiger partial charge in [-0.1, -0.05) is 48.6 Å². The molecule has 3 aromatic carbocycles. The van der Waals surface area contributed by atoms with Crippen LogP contribution in [0.25, 0.3) is 0 Å². The van der Waals surface area contributed by atoms with E-state index in [1.807, 2.05) is 48.5 Å². The number of para-hydroxylation sites is 2. The van der Waals surface area contributed by atoms with Gasteiger partial charge in [-0.05, 0) is 48.5 Å². The number of aliphatic hydroxyl groups is 2. The summed E-state index contributed by atoms with van der Waals surface area (Å²) < 4.78 is 17.0. The molecule has 1 saturated carbocycles. The Morgan fingerprint density at radius 3 is 2.13 bits per heavy atom. The molecule has 0 spiro atoms. The Morgan fingerprint density at radius 1 is 0.895 bits per heavy atom. The van der Waals surface area contributed by atoms with Crippen LogP contribution in [0.4, 0.5) is 0 Å². The molecule has 0 amide bonds. The molecule has 3 aromatic rings. The summed E-state index contributed by atoms with van der Waals surface area (Å²) in [7, 11) is 0. The highest BCUT2D eigenvalue weighted by atomic mass is 16.5. The zero-order valence-electron chi connectivity index (χ0n) is 20.6. The number of carbonyl (C=O) groups excluding carboxylic acids is 1. The second-order valence-electron chi connectivity index (χ2n) is 9.10. The molecule has 38 heavy (non-hydrogen) atoms. The molecule has 0 saturated heterocycles. The van der Waals surface area contributed by atoms with Crippen molar-refractivity contribution < 1.29 is 39.1 Å². The third kappa shape index (κ3) is 7.44. The molecule has 0 radical (unpaired) electrons. The fraction of sp³-hybridized carbons (Fsp3) is 0.267. The van der Waals surface area contributed by atoms with Crippen LogP contribution in [0.2, 0.25) is 0 Å². The first kappa shape index (κ1) is 26.9. The first-order valence-electron chi connectivity index (χ1n) is 12.4. The van der Waals surface area contributed by atoms with E-state index in [4.69, 9.17) is 14.2 Å². The van der Waals surface area contributed by atoms with Crippen molar-refractivity contribution in [2.45, 2.75) is 31.2 Å². The lowest BCUT2D eigenvalue weighted by atomic mass is 9.90. The van der Waals surface area contributed by atoms with E-state index in [1.165, 1.54) is 6.08 Å². The number of esters is 1. The molecule has 198 valence electrons. The smallest absolute Gasteiger partial charge is 0.338 e. The molecule has 0 heterocycles. The van der Waals surface area contributed by atoms with E-state index in [2.05, 4.69) is 0 Å². The predicted molar refractivity (Wildman–Crippen MR) is 139 cm³/mol. The summed E-state index contributed by atoms with van der Waals surface area (Å²) in [4.78, 5) is 24.3. The van der Waals surface area contributed by atoms with Crippen molar-refractivity contribution in [2.24, 2.45) is 11.8 Å². The van der Waals surface area contributed by atoms with Gasteiger partial charge < -0.3 is 29.5 Å². The number of rotatable bonds is 11.